The van der Waals surface area contributed by atoms with Gasteiger partial charge in [0.05, 0.1) is 10.6 Å². The van der Waals surface area contributed by atoms with Gasteiger partial charge in [0.2, 0.25) is 0 Å². The van der Waals surface area contributed by atoms with E-state index in [1.54, 1.807) is 48.3 Å². The molecular weight excluding hydrogens is 350 g/mol. The van der Waals surface area contributed by atoms with Gasteiger partial charge in [-0.05, 0) is 43.3 Å². The number of hydrogen-bond acceptors (Lipinski definition) is 4. The largest absolute Gasteiger partial charge is 0.337 e. The van der Waals surface area contributed by atoms with Crippen molar-refractivity contribution in [2.45, 2.75) is 17.4 Å². The molecule has 1 aliphatic heterocycles. The highest BCUT2D eigenvalue weighted by Crippen LogP contribution is 2.23. The molecule has 2 aromatic rings. The van der Waals surface area contributed by atoms with Crippen LogP contribution in [0.2, 0.25) is 0 Å². The number of benzene rings is 2. The quantitative estimate of drug-likeness (QED) is 0.870. The number of rotatable bonds is 5. The molecule has 0 saturated carbocycles. The molecule has 2 aromatic carbocycles. The van der Waals surface area contributed by atoms with E-state index in [1.807, 2.05) is 6.07 Å². The van der Waals surface area contributed by atoms with Crippen molar-refractivity contribution in [1.82, 2.24) is 10.2 Å². The van der Waals surface area contributed by atoms with E-state index < -0.39 is 10.0 Å². The lowest BCUT2D eigenvalue weighted by molar-refractivity contribution is 0.0743. The van der Waals surface area contributed by atoms with Gasteiger partial charge in [-0.1, -0.05) is 24.3 Å². The summed E-state index contributed by atoms with van der Waals surface area (Å²) in [4.78, 5) is 14.5. The van der Waals surface area contributed by atoms with Crippen molar-refractivity contribution >= 4 is 21.6 Å². The number of hydrogen-bond donors (Lipinski definition) is 1. The first-order valence-electron chi connectivity index (χ1n) is 8.53. The van der Waals surface area contributed by atoms with Gasteiger partial charge in [-0.25, -0.2) is 8.42 Å². The van der Waals surface area contributed by atoms with Crippen LogP contribution in [-0.4, -0.2) is 52.5 Å². The lowest BCUT2D eigenvalue weighted by Gasteiger charge is -2.24. The van der Waals surface area contributed by atoms with Crippen molar-refractivity contribution in [1.29, 1.82) is 0 Å². The minimum atomic E-state index is -3.74. The summed E-state index contributed by atoms with van der Waals surface area (Å²) in [5.41, 5.74) is 0.945. The Kier molecular flexibility index (Phi) is 5.29. The molecule has 0 aromatic heterocycles. The number of anilines is 1. The van der Waals surface area contributed by atoms with Crippen LogP contribution >= 0.6 is 0 Å². The van der Waals surface area contributed by atoms with E-state index in [0.717, 1.165) is 19.5 Å². The van der Waals surface area contributed by atoms with Gasteiger partial charge in [-0.3, -0.25) is 9.10 Å². The Bertz CT molecular complexity index is 878. The standard InChI is InChI=1S/C19H23N3O3S/c1-21(17-11-12-20-14-17)19(23)15-7-6-10-18(13-15)26(24,25)22(2)16-8-4-3-5-9-16/h3-10,13,17,20H,11-12,14H2,1-2H3. The fourth-order valence-corrected chi connectivity index (χ4v) is 4.31. The van der Waals surface area contributed by atoms with E-state index in [9.17, 15) is 13.2 Å². The molecule has 1 aliphatic rings. The van der Waals surface area contributed by atoms with Crippen LogP contribution in [0.25, 0.3) is 0 Å². The summed E-state index contributed by atoms with van der Waals surface area (Å²) < 4.78 is 27.1. The summed E-state index contributed by atoms with van der Waals surface area (Å²) in [6, 6.07) is 15.2. The first kappa shape index (κ1) is 18.4. The third-order valence-corrected chi connectivity index (χ3v) is 6.54. The van der Waals surface area contributed by atoms with Gasteiger partial charge < -0.3 is 10.2 Å². The highest BCUT2D eigenvalue weighted by Gasteiger charge is 2.26. The van der Waals surface area contributed by atoms with Crippen molar-refractivity contribution in [2.75, 3.05) is 31.5 Å². The van der Waals surface area contributed by atoms with Crippen LogP contribution in [-0.2, 0) is 10.0 Å². The summed E-state index contributed by atoms with van der Waals surface area (Å²) in [6.45, 7) is 1.65. The van der Waals surface area contributed by atoms with Crippen LogP contribution in [0.4, 0.5) is 5.69 Å². The molecule has 7 heteroatoms. The average molecular weight is 373 g/mol. The van der Waals surface area contributed by atoms with Crippen LogP contribution in [0.15, 0.2) is 59.5 Å². The molecule has 1 fully saturated rings. The monoisotopic (exact) mass is 373 g/mol. The second-order valence-corrected chi connectivity index (χ2v) is 8.37. The van der Waals surface area contributed by atoms with Crippen LogP contribution in [0.5, 0.6) is 0 Å². The van der Waals surface area contributed by atoms with Crippen molar-refractivity contribution < 1.29 is 13.2 Å². The maximum atomic E-state index is 12.9. The van der Waals surface area contributed by atoms with Crippen molar-refractivity contribution in [3.63, 3.8) is 0 Å². The molecule has 1 atom stereocenters. The molecule has 0 aliphatic carbocycles. The van der Waals surface area contributed by atoms with Gasteiger partial charge in [-0.15, -0.1) is 0 Å². The fourth-order valence-electron chi connectivity index (χ4n) is 3.06. The molecule has 0 spiro atoms. The molecule has 1 saturated heterocycles. The molecule has 0 radical (unpaired) electrons. The molecule has 1 N–H and O–H groups in total. The normalized spacial score (nSPS) is 17.1. The Hall–Kier alpha value is -2.38. The first-order valence-corrected chi connectivity index (χ1v) is 9.97. The second kappa shape index (κ2) is 7.47. The lowest BCUT2D eigenvalue weighted by atomic mass is 10.1. The van der Waals surface area contributed by atoms with E-state index >= 15 is 0 Å². The Labute approximate surface area is 154 Å². The molecule has 26 heavy (non-hydrogen) atoms. The molecule has 3 rings (SSSR count). The lowest BCUT2D eigenvalue weighted by Crippen LogP contribution is -2.38. The number of likely N-dealkylation sites (N-methyl/N-ethyl adjacent to an activating group) is 1. The number of para-hydroxylation sites is 1. The van der Waals surface area contributed by atoms with Crippen LogP contribution in [0, 0.1) is 0 Å². The van der Waals surface area contributed by atoms with Crippen molar-refractivity contribution in [3.05, 3.63) is 60.2 Å². The smallest absolute Gasteiger partial charge is 0.264 e. The molecule has 6 nitrogen and oxygen atoms in total. The number of sulfonamides is 1. The predicted octanol–water partition coefficient (Wildman–Crippen LogP) is 1.95. The number of nitrogens with zero attached hydrogens (tertiary/aromatic N) is 2. The molecule has 1 amide bonds. The highest BCUT2D eigenvalue weighted by atomic mass is 32.2. The SMILES string of the molecule is CN(C(=O)c1cccc(S(=O)(=O)N(C)c2ccccc2)c1)C1CCNC1. The van der Waals surface area contributed by atoms with E-state index in [4.69, 9.17) is 0 Å². The van der Waals surface area contributed by atoms with Crippen molar-refractivity contribution in [3.8, 4) is 0 Å². The maximum absolute atomic E-state index is 12.9. The zero-order valence-corrected chi connectivity index (χ0v) is 15.7. The van der Waals surface area contributed by atoms with Gasteiger partial charge in [0.15, 0.2) is 0 Å². The van der Waals surface area contributed by atoms with Crippen LogP contribution in [0.3, 0.4) is 0 Å². The number of carbonyl (C=O) groups excluding carboxylic acids is 1. The molecule has 1 heterocycles. The van der Waals surface area contributed by atoms with Gasteiger partial charge in [0, 0.05) is 32.2 Å². The summed E-state index contributed by atoms with van der Waals surface area (Å²) >= 11 is 0. The molecule has 138 valence electrons. The summed E-state index contributed by atoms with van der Waals surface area (Å²) in [5.74, 6) is -0.168. The van der Waals surface area contributed by atoms with E-state index in [0.29, 0.717) is 11.3 Å². The highest BCUT2D eigenvalue weighted by molar-refractivity contribution is 7.92. The average Bonchev–Trinajstić information content (AvgIpc) is 3.21. The topological polar surface area (TPSA) is 69.7 Å². The third-order valence-electron chi connectivity index (χ3n) is 4.76. The van der Waals surface area contributed by atoms with E-state index in [-0.39, 0.29) is 16.8 Å². The van der Waals surface area contributed by atoms with Gasteiger partial charge in [0.25, 0.3) is 15.9 Å². The third kappa shape index (κ3) is 3.59. The Morgan fingerprint density at radius 2 is 1.81 bits per heavy atom. The molecule has 1 unspecified atom stereocenters. The zero-order valence-electron chi connectivity index (χ0n) is 14.9. The molecular formula is C19H23N3O3S. The summed E-state index contributed by atoms with van der Waals surface area (Å²) in [7, 11) is -0.472. The Morgan fingerprint density at radius 3 is 2.46 bits per heavy atom. The van der Waals surface area contributed by atoms with Crippen LogP contribution in [0.1, 0.15) is 16.8 Å². The maximum Gasteiger partial charge on any atom is 0.264 e. The van der Waals surface area contributed by atoms with Gasteiger partial charge in [0.1, 0.15) is 0 Å². The van der Waals surface area contributed by atoms with Gasteiger partial charge >= 0.3 is 0 Å². The van der Waals surface area contributed by atoms with E-state index in [2.05, 4.69) is 5.32 Å². The Morgan fingerprint density at radius 1 is 1.08 bits per heavy atom. The minimum Gasteiger partial charge on any atom is -0.337 e. The fraction of sp³-hybridized carbons (Fsp3) is 0.316. The first-order chi connectivity index (χ1) is 12.4. The number of amides is 1. The zero-order chi connectivity index (χ0) is 18.7. The summed E-state index contributed by atoms with van der Waals surface area (Å²) in [6.07, 6.45) is 0.900. The Balaban J connectivity index is 1.87. The van der Waals surface area contributed by atoms with Gasteiger partial charge in [-0.2, -0.15) is 0 Å². The number of nitrogens with one attached hydrogen (secondary N) is 1. The number of carbonyl (C=O) groups is 1. The minimum absolute atomic E-state index is 0.104. The summed E-state index contributed by atoms with van der Waals surface area (Å²) in [5, 5.41) is 3.23. The molecule has 0 bridgehead atoms. The van der Waals surface area contributed by atoms with E-state index in [1.165, 1.54) is 23.5 Å². The van der Waals surface area contributed by atoms with Crippen LogP contribution < -0.4 is 9.62 Å². The second-order valence-electron chi connectivity index (χ2n) is 6.40. The van der Waals surface area contributed by atoms with Crippen molar-refractivity contribution in [2.24, 2.45) is 0 Å². The predicted molar refractivity (Wildman–Crippen MR) is 102 cm³/mol.